The van der Waals surface area contributed by atoms with Crippen LogP contribution in [0.2, 0.25) is 0 Å². The molecule has 0 fully saturated rings. The van der Waals surface area contributed by atoms with Crippen LogP contribution in [0.4, 0.5) is 0 Å². The maximum Gasteiger partial charge on any atom is 0.396 e. The number of aromatic hydroxyl groups is 2. The van der Waals surface area contributed by atoms with Crippen molar-refractivity contribution in [2.45, 2.75) is 72.2 Å². The first-order valence-electron chi connectivity index (χ1n) is 16.1. The topological polar surface area (TPSA) is 112 Å². The Hall–Kier alpha value is -4.66. The number of rotatable bonds is 13. The minimum atomic E-state index is -1.90. The third-order valence-electron chi connectivity index (χ3n) is 7.75. The van der Waals surface area contributed by atoms with Gasteiger partial charge in [-0.3, -0.25) is 9.59 Å². The molecule has 0 heterocycles. The zero-order chi connectivity index (χ0) is 35.3. The third-order valence-corrected chi connectivity index (χ3v) is 7.75. The van der Waals surface area contributed by atoms with Gasteiger partial charge in [0.1, 0.15) is 23.0 Å². The molecule has 0 saturated heterocycles. The molecule has 48 heavy (non-hydrogen) atoms. The molecule has 8 heteroatoms. The molecule has 0 aliphatic carbocycles. The lowest BCUT2D eigenvalue weighted by Gasteiger charge is -2.37. The molecule has 8 nitrogen and oxygen atoms in total. The SMILES string of the molecule is CCOCC(OCC)(Oc1cc(O)c(C(=O)c2ccccc2)cc1C(C)(C)C)Oc1cc(O)c(C(=O)c2ccccc2)cc1C(C)(C)C. The molecule has 4 aromatic rings. The molecule has 254 valence electrons. The van der Waals surface area contributed by atoms with E-state index in [2.05, 4.69) is 0 Å². The van der Waals surface area contributed by atoms with E-state index < -0.39 is 16.8 Å². The molecule has 0 amide bonds. The predicted octanol–water partition coefficient (Wildman–Crippen LogP) is 8.34. The van der Waals surface area contributed by atoms with Gasteiger partial charge in [0.2, 0.25) is 0 Å². The lowest BCUT2D eigenvalue weighted by Crippen LogP contribution is -2.50. The molecule has 0 aliphatic rings. The fraction of sp³-hybridized carbons (Fsp3) is 0.350. The predicted molar refractivity (Wildman–Crippen MR) is 185 cm³/mol. The Bertz CT molecular complexity index is 1610. The van der Waals surface area contributed by atoms with Crippen LogP contribution in [0.15, 0.2) is 84.9 Å². The zero-order valence-electron chi connectivity index (χ0n) is 29.0. The first-order valence-corrected chi connectivity index (χ1v) is 16.1. The number of hydrogen-bond acceptors (Lipinski definition) is 8. The highest BCUT2D eigenvalue weighted by molar-refractivity contribution is 6.11. The van der Waals surface area contributed by atoms with E-state index in [0.29, 0.717) is 28.9 Å². The van der Waals surface area contributed by atoms with Crippen molar-refractivity contribution < 1.29 is 38.7 Å². The fourth-order valence-corrected chi connectivity index (χ4v) is 5.30. The summed E-state index contributed by atoms with van der Waals surface area (Å²) in [7, 11) is 0. The van der Waals surface area contributed by atoms with Crippen molar-refractivity contribution in [3.05, 3.63) is 118 Å². The molecule has 4 aromatic carbocycles. The average molecular weight is 655 g/mol. The summed E-state index contributed by atoms with van der Waals surface area (Å²) >= 11 is 0. The van der Waals surface area contributed by atoms with Gasteiger partial charge in [-0.2, -0.15) is 0 Å². The number of carbonyl (C=O) groups excluding carboxylic acids is 2. The largest absolute Gasteiger partial charge is 0.507 e. The van der Waals surface area contributed by atoms with Crippen molar-refractivity contribution in [2.24, 2.45) is 0 Å². The van der Waals surface area contributed by atoms with Crippen LogP contribution in [-0.4, -0.2) is 47.6 Å². The second-order valence-corrected chi connectivity index (χ2v) is 13.6. The van der Waals surface area contributed by atoms with Crippen molar-refractivity contribution in [3.8, 4) is 23.0 Å². The summed E-state index contributed by atoms with van der Waals surface area (Å²) in [6.45, 7) is 15.7. The molecule has 0 unspecified atom stereocenters. The van der Waals surface area contributed by atoms with E-state index in [1.807, 2.05) is 60.6 Å². The van der Waals surface area contributed by atoms with Gasteiger partial charge >= 0.3 is 5.97 Å². The van der Waals surface area contributed by atoms with Gasteiger partial charge in [-0.05, 0) is 36.8 Å². The normalized spacial score (nSPS) is 12.1. The van der Waals surface area contributed by atoms with Gasteiger partial charge in [0.15, 0.2) is 18.2 Å². The van der Waals surface area contributed by atoms with Crippen molar-refractivity contribution in [1.82, 2.24) is 0 Å². The highest BCUT2D eigenvalue weighted by Gasteiger charge is 2.41. The number of phenols is 2. The van der Waals surface area contributed by atoms with Gasteiger partial charge in [0.25, 0.3) is 0 Å². The molecule has 4 rings (SSSR count). The number of phenolic OH excluding ortho intramolecular Hbond substituents is 2. The molecule has 0 radical (unpaired) electrons. The van der Waals surface area contributed by atoms with Gasteiger partial charge in [0, 0.05) is 41.0 Å². The maximum absolute atomic E-state index is 13.4. The summed E-state index contributed by atoms with van der Waals surface area (Å²) in [5.74, 6) is -2.68. The standard InChI is InChI=1S/C40H46O8/c1-9-45-25-40(46-10-2,47-34-23-32(41)28(21-30(34)38(3,4)5)36(43)26-17-13-11-14-18-26)48-35-24-33(42)29(22-31(35)39(6,7)8)37(44)27-19-15-12-16-20-27/h11-24,41-42H,9-10,25H2,1-8H3. The quantitative estimate of drug-likeness (QED) is 0.109. The van der Waals surface area contributed by atoms with E-state index in [1.54, 1.807) is 67.6 Å². The average Bonchev–Trinajstić information content (AvgIpc) is 3.03. The van der Waals surface area contributed by atoms with Crippen LogP contribution >= 0.6 is 0 Å². The van der Waals surface area contributed by atoms with Gasteiger partial charge in [-0.25, -0.2) is 0 Å². The molecule has 0 saturated carbocycles. The van der Waals surface area contributed by atoms with Gasteiger partial charge < -0.3 is 29.2 Å². The second kappa shape index (κ2) is 14.6. The van der Waals surface area contributed by atoms with Crippen molar-refractivity contribution in [2.75, 3.05) is 19.8 Å². The number of carbonyl (C=O) groups is 2. The van der Waals surface area contributed by atoms with E-state index >= 15 is 0 Å². The summed E-state index contributed by atoms with van der Waals surface area (Å²) < 4.78 is 25.2. The van der Waals surface area contributed by atoms with Crippen molar-refractivity contribution >= 4 is 11.6 Å². The lowest BCUT2D eigenvalue weighted by molar-refractivity contribution is -0.320. The Morgan fingerprint density at radius 2 is 1.00 bits per heavy atom. The summed E-state index contributed by atoms with van der Waals surface area (Å²) in [4.78, 5) is 26.9. The summed E-state index contributed by atoms with van der Waals surface area (Å²) in [5, 5.41) is 22.4. The van der Waals surface area contributed by atoms with Crippen molar-refractivity contribution in [3.63, 3.8) is 0 Å². The van der Waals surface area contributed by atoms with Crippen LogP contribution in [0.3, 0.4) is 0 Å². The summed E-state index contributed by atoms with van der Waals surface area (Å²) in [6.07, 6.45) is 0. The Morgan fingerprint density at radius 3 is 1.33 bits per heavy atom. The van der Waals surface area contributed by atoms with E-state index in [4.69, 9.17) is 18.9 Å². The number of ketones is 2. The van der Waals surface area contributed by atoms with Crippen molar-refractivity contribution in [1.29, 1.82) is 0 Å². The van der Waals surface area contributed by atoms with Crippen LogP contribution in [0.5, 0.6) is 23.0 Å². The maximum atomic E-state index is 13.4. The Morgan fingerprint density at radius 1 is 0.604 bits per heavy atom. The van der Waals surface area contributed by atoms with Gasteiger partial charge in [0.05, 0.1) is 17.7 Å². The van der Waals surface area contributed by atoms with Gasteiger partial charge in [-0.15, -0.1) is 0 Å². The molecule has 0 aromatic heterocycles. The van der Waals surface area contributed by atoms with Crippen LogP contribution in [0.25, 0.3) is 0 Å². The molecule has 2 N–H and O–H groups in total. The van der Waals surface area contributed by atoms with E-state index in [1.165, 1.54) is 12.1 Å². The first-order chi connectivity index (χ1) is 22.6. The minimum Gasteiger partial charge on any atom is -0.507 e. The second-order valence-electron chi connectivity index (χ2n) is 13.6. The first kappa shape index (κ1) is 36.2. The Labute approximate surface area is 283 Å². The lowest BCUT2D eigenvalue weighted by atomic mass is 9.84. The smallest absolute Gasteiger partial charge is 0.396 e. The van der Waals surface area contributed by atoms with E-state index in [-0.39, 0.29) is 58.9 Å². The Balaban J connectivity index is 1.86. The van der Waals surface area contributed by atoms with E-state index in [0.717, 1.165) is 0 Å². The fourth-order valence-electron chi connectivity index (χ4n) is 5.30. The Kier molecular flexibility index (Phi) is 11.0. The van der Waals surface area contributed by atoms with Crippen LogP contribution in [0, 0.1) is 0 Å². The summed E-state index contributed by atoms with van der Waals surface area (Å²) in [6, 6.07) is 23.5. The number of hydrogen-bond donors (Lipinski definition) is 2. The molecule has 0 atom stereocenters. The molecular weight excluding hydrogens is 608 g/mol. The molecular formula is C40H46O8. The van der Waals surface area contributed by atoms with E-state index in [9.17, 15) is 19.8 Å². The summed E-state index contributed by atoms with van der Waals surface area (Å²) in [5.41, 5.74) is 1.27. The van der Waals surface area contributed by atoms with Crippen LogP contribution < -0.4 is 9.47 Å². The minimum absolute atomic E-state index is 0.129. The number of ether oxygens (including phenoxy) is 4. The highest BCUT2D eigenvalue weighted by atomic mass is 16.9. The molecule has 0 spiro atoms. The third kappa shape index (κ3) is 8.24. The monoisotopic (exact) mass is 654 g/mol. The highest BCUT2D eigenvalue weighted by Crippen LogP contribution is 2.42. The van der Waals surface area contributed by atoms with Crippen LogP contribution in [0.1, 0.15) is 98.4 Å². The molecule has 0 aliphatic heterocycles. The van der Waals surface area contributed by atoms with Gasteiger partial charge in [-0.1, -0.05) is 102 Å². The number of benzene rings is 4. The zero-order valence-corrected chi connectivity index (χ0v) is 29.0. The molecule has 0 bridgehead atoms. The van der Waals surface area contributed by atoms with Crippen LogP contribution in [-0.2, 0) is 20.3 Å².